The monoisotopic (exact) mass is 181 g/mol. The molecular formula is C6H14O2PS+. The first kappa shape index (κ1) is 10.4. The van der Waals surface area contributed by atoms with Gasteiger partial charge in [-0.3, -0.25) is 0 Å². The first-order chi connectivity index (χ1) is 4.81. The van der Waals surface area contributed by atoms with Gasteiger partial charge in [0.15, 0.2) is 0 Å². The fourth-order valence-electron chi connectivity index (χ4n) is 0.426. The molecule has 0 aromatic heterocycles. The van der Waals surface area contributed by atoms with Crippen LogP contribution in [0, 0.1) is 0 Å². The van der Waals surface area contributed by atoms with Gasteiger partial charge in [-0.15, -0.1) is 9.05 Å². The van der Waals surface area contributed by atoms with Gasteiger partial charge in [-0.1, -0.05) is 13.3 Å². The molecule has 60 valence electrons. The third-order valence-electron chi connectivity index (χ3n) is 0.929. The maximum Gasteiger partial charge on any atom is 0.521 e. The highest BCUT2D eigenvalue weighted by Gasteiger charge is 2.10. The predicted molar refractivity (Wildman–Crippen MR) is 46.8 cm³/mol. The van der Waals surface area contributed by atoms with E-state index in [1.165, 1.54) is 0 Å². The van der Waals surface area contributed by atoms with Crippen molar-refractivity contribution in [3.63, 3.8) is 0 Å². The Bertz CT molecular complexity index is 97.7. The maximum absolute atomic E-state index is 5.18. The topological polar surface area (TPSA) is 18.5 Å². The fourth-order valence-corrected chi connectivity index (χ4v) is 1.53. The van der Waals surface area contributed by atoms with Crippen LogP contribution in [0.25, 0.3) is 0 Å². The summed E-state index contributed by atoms with van der Waals surface area (Å²) in [6.07, 6.45) is 2.22. The standard InChI is InChI=1S/C6H14O2PS/c1-3-5-6-8-9(10)7-4-2/h3-6H2,1-2H3/q+1. The van der Waals surface area contributed by atoms with Crippen LogP contribution in [-0.4, -0.2) is 13.2 Å². The summed E-state index contributed by atoms with van der Waals surface area (Å²) >= 11 is 4.87. The van der Waals surface area contributed by atoms with Crippen LogP contribution in [0.3, 0.4) is 0 Å². The van der Waals surface area contributed by atoms with Crippen LogP contribution in [-0.2, 0) is 20.9 Å². The van der Waals surface area contributed by atoms with E-state index < -0.39 is 7.15 Å². The van der Waals surface area contributed by atoms with Crippen LogP contribution in [0.15, 0.2) is 0 Å². The SMILES string of the molecule is CCCCO[P+](=S)OCC. The molecule has 1 atom stereocenters. The summed E-state index contributed by atoms with van der Waals surface area (Å²) in [6.45, 7) is 5.44. The molecular weight excluding hydrogens is 167 g/mol. The van der Waals surface area contributed by atoms with E-state index >= 15 is 0 Å². The van der Waals surface area contributed by atoms with Gasteiger partial charge in [0, 0.05) is 0 Å². The molecule has 0 saturated carbocycles. The summed E-state index contributed by atoms with van der Waals surface area (Å²) in [5.74, 6) is 0. The van der Waals surface area contributed by atoms with Gasteiger partial charge in [0.25, 0.3) is 0 Å². The highest BCUT2D eigenvalue weighted by molar-refractivity contribution is 8.00. The normalized spacial score (nSPS) is 11.6. The van der Waals surface area contributed by atoms with Gasteiger partial charge in [0.2, 0.25) is 11.8 Å². The first-order valence-electron chi connectivity index (χ1n) is 3.54. The van der Waals surface area contributed by atoms with Gasteiger partial charge in [-0.25, -0.2) is 0 Å². The van der Waals surface area contributed by atoms with E-state index in [1.807, 2.05) is 6.92 Å². The minimum absolute atomic E-state index is 0.654. The Hall–Kier alpha value is 0.440. The zero-order chi connectivity index (χ0) is 7.82. The highest BCUT2D eigenvalue weighted by Crippen LogP contribution is 2.23. The second-order valence-corrected chi connectivity index (χ2v) is 3.69. The number of rotatable bonds is 6. The summed E-state index contributed by atoms with van der Waals surface area (Å²) in [4.78, 5) is 0. The Labute approximate surface area is 68.5 Å². The smallest absolute Gasteiger partial charge is 0.142 e. The van der Waals surface area contributed by atoms with Gasteiger partial charge in [0.05, 0.1) is 0 Å². The molecule has 0 aromatic rings. The number of unbranched alkanes of at least 4 members (excludes halogenated alkanes) is 1. The van der Waals surface area contributed by atoms with Crippen LogP contribution in [0.4, 0.5) is 0 Å². The van der Waals surface area contributed by atoms with Gasteiger partial charge in [0.1, 0.15) is 13.2 Å². The molecule has 2 nitrogen and oxygen atoms in total. The van der Waals surface area contributed by atoms with Crippen molar-refractivity contribution in [1.82, 2.24) is 0 Å². The largest absolute Gasteiger partial charge is 0.521 e. The molecule has 0 aliphatic heterocycles. The van der Waals surface area contributed by atoms with Crippen molar-refractivity contribution < 1.29 is 9.05 Å². The molecule has 4 heteroatoms. The summed E-state index contributed by atoms with van der Waals surface area (Å²) in [6, 6.07) is 0. The van der Waals surface area contributed by atoms with E-state index in [4.69, 9.17) is 20.9 Å². The van der Waals surface area contributed by atoms with Crippen LogP contribution < -0.4 is 0 Å². The zero-order valence-corrected chi connectivity index (χ0v) is 8.21. The predicted octanol–water partition coefficient (Wildman–Crippen LogP) is 2.61. The van der Waals surface area contributed by atoms with Gasteiger partial charge in [-0.2, -0.15) is 0 Å². The highest BCUT2D eigenvalue weighted by atomic mass is 32.4. The molecule has 0 fully saturated rings. The quantitative estimate of drug-likeness (QED) is 0.463. The molecule has 0 spiro atoms. The van der Waals surface area contributed by atoms with Crippen molar-refractivity contribution in [3.8, 4) is 0 Å². The van der Waals surface area contributed by atoms with Crippen molar-refractivity contribution >= 4 is 19.0 Å². The second kappa shape index (κ2) is 7.55. The van der Waals surface area contributed by atoms with Crippen molar-refractivity contribution in [2.24, 2.45) is 0 Å². The van der Waals surface area contributed by atoms with Gasteiger partial charge < -0.3 is 0 Å². The van der Waals surface area contributed by atoms with Crippen LogP contribution in [0.2, 0.25) is 0 Å². The molecule has 0 aromatic carbocycles. The maximum atomic E-state index is 5.18. The molecule has 10 heavy (non-hydrogen) atoms. The molecule has 1 unspecified atom stereocenters. The minimum Gasteiger partial charge on any atom is -0.142 e. The third-order valence-corrected chi connectivity index (χ3v) is 2.42. The molecule has 0 bridgehead atoms. The average molecular weight is 181 g/mol. The molecule has 0 saturated heterocycles. The van der Waals surface area contributed by atoms with Crippen LogP contribution >= 0.6 is 7.15 Å². The van der Waals surface area contributed by atoms with E-state index in [0.29, 0.717) is 6.61 Å². The Morgan fingerprint density at radius 2 is 2.00 bits per heavy atom. The molecule has 0 aliphatic carbocycles. The fraction of sp³-hybridized carbons (Fsp3) is 1.00. The van der Waals surface area contributed by atoms with Crippen molar-refractivity contribution in [1.29, 1.82) is 0 Å². The Balaban J connectivity index is 3.05. The van der Waals surface area contributed by atoms with Crippen LogP contribution in [0.5, 0.6) is 0 Å². The van der Waals surface area contributed by atoms with Crippen LogP contribution in [0.1, 0.15) is 26.7 Å². The Morgan fingerprint density at radius 1 is 1.30 bits per heavy atom. The lowest BCUT2D eigenvalue weighted by Crippen LogP contribution is -1.87. The Morgan fingerprint density at radius 3 is 2.50 bits per heavy atom. The molecule has 0 radical (unpaired) electrons. The van der Waals surface area contributed by atoms with E-state index in [1.54, 1.807) is 0 Å². The molecule has 0 aliphatic rings. The van der Waals surface area contributed by atoms with Gasteiger partial charge in [-0.05, 0) is 13.3 Å². The van der Waals surface area contributed by atoms with E-state index in [9.17, 15) is 0 Å². The lowest BCUT2D eigenvalue weighted by Gasteiger charge is -1.89. The summed E-state index contributed by atoms with van der Waals surface area (Å²) in [7, 11) is -1.01. The molecule has 0 rings (SSSR count). The zero-order valence-electron chi connectivity index (χ0n) is 6.50. The number of hydrogen-bond acceptors (Lipinski definition) is 3. The molecule has 0 amide bonds. The lowest BCUT2D eigenvalue weighted by molar-refractivity contribution is 0.270. The molecule has 0 N–H and O–H groups in total. The average Bonchev–Trinajstić information content (AvgIpc) is 1.89. The van der Waals surface area contributed by atoms with E-state index in [-0.39, 0.29) is 0 Å². The lowest BCUT2D eigenvalue weighted by atomic mass is 10.4. The summed E-state index contributed by atoms with van der Waals surface area (Å²) in [5.41, 5.74) is 0. The Kier molecular flexibility index (Phi) is 7.88. The molecule has 0 heterocycles. The number of hydrogen-bond donors (Lipinski definition) is 0. The summed E-state index contributed by atoms with van der Waals surface area (Å²) < 4.78 is 10.2. The van der Waals surface area contributed by atoms with Crippen molar-refractivity contribution in [3.05, 3.63) is 0 Å². The van der Waals surface area contributed by atoms with E-state index in [2.05, 4.69) is 6.92 Å². The van der Waals surface area contributed by atoms with E-state index in [0.717, 1.165) is 19.4 Å². The third kappa shape index (κ3) is 6.56. The summed E-state index contributed by atoms with van der Waals surface area (Å²) in [5, 5.41) is 0. The second-order valence-electron chi connectivity index (χ2n) is 1.83. The van der Waals surface area contributed by atoms with Crippen molar-refractivity contribution in [2.75, 3.05) is 13.2 Å². The first-order valence-corrected chi connectivity index (χ1v) is 5.73. The van der Waals surface area contributed by atoms with Gasteiger partial charge >= 0.3 is 7.15 Å². The minimum atomic E-state index is -1.01. The van der Waals surface area contributed by atoms with Crippen molar-refractivity contribution in [2.45, 2.75) is 26.7 Å².